The van der Waals surface area contributed by atoms with Crippen LogP contribution in [0.2, 0.25) is 0 Å². The van der Waals surface area contributed by atoms with Crippen molar-refractivity contribution in [2.45, 2.75) is 10.1 Å². The third kappa shape index (κ3) is 3.17. The van der Waals surface area contributed by atoms with Crippen molar-refractivity contribution in [2.24, 2.45) is 0 Å². The highest BCUT2D eigenvalue weighted by molar-refractivity contribution is 9.10. The van der Waals surface area contributed by atoms with Crippen LogP contribution >= 0.6 is 39.0 Å². The SMILES string of the molecule is Nc1nnc(SCc2nc(-c3cccc(Br)c3)no2)s1. The molecule has 20 heavy (non-hydrogen) atoms. The molecule has 0 radical (unpaired) electrons. The van der Waals surface area contributed by atoms with E-state index in [1.165, 1.54) is 23.1 Å². The van der Waals surface area contributed by atoms with Crippen molar-refractivity contribution < 1.29 is 4.52 Å². The smallest absolute Gasteiger partial charge is 0.237 e. The highest BCUT2D eigenvalue weighted by atomic mass is 79.9. The van der Waals surface area contributed by atoms with Crippen LogP contribution < -0.4 is 5.73 Å². The van der Waals surface area contributed by atoms with Crippen molar-refractivity contribution in [3.8, 4) is 11.4 Å². The van der Waals surface area contributed by atoms with Gasteiger partial charge in [0.05, 0.1) is 5.75 Å². The van der Waals surface area contributed by atoms with Crippen LogP contribution in [0.5, 0.6) is 0 Å². The molecule has 6 nitrogen and oxygen atoms in total. The van der Waals surface area contributed by atoms with Crippen molar-refractivity contribution in [3.05, 3.63) is 34.6 Å². The van der Waals surface area contributed by atoms with Gasteiger partial charge in [0.2, 0.25) is 16.8 Å². The monoisotopic (exact) mass is 369 g/mol. The Morgan fingerprint density at radius 2 is 2.25 bits per heavy atom. The zero-order chi connectivity index (χ0) is 13.9. The fraction of sp³-hybridized carbons (Fsp3) is 0.0909. The average molecular weight is 370 g/mol. The van der Waals surface area contributed by atoms with E-state index in [0.717, 1.165) is 14.4 Å². The molecule has 2 aromatic heterocycles. The molecule has 0 amide bonds. The summed E-state index contributed by atoms with van der Waals surface area (Å²) in [6.07, 6.45) is 0. The third-order valence-corrected chi connectivity index (χ3v) is 4.66. The number of nitrogens with two attached hydrogens (primary N) is 1. The second kappa shape index (κ2) is 5.90. The molecule has 0 saturated heterocycles. The van der Waals surface area contributed by atoms with Crippen molar-refractivity contribution in [1.82, 2.24) is 20.3 Å². The van der Waals surface area contributed by atoms with Crippen LogP contribution in [-0.2, 0) is 5.75 Å². The van der Waals surface area contributed by atoms with Gasteiger partial charge in [0, 0.05) is 10.0 Å². The standard InChI is InChI=1S/C11H8BrN5OS2/c12-7-3-1-2-6(4-7)9-14-8(18-17-9)5-19-11-16-15-10(13)20-11/h1-4H,5H2,(H2,13,15). The van der Waals surface area contributed by atoms with Gasteiger partial charge in [-0.25, -0.2) is 0 Å². The molecule has 0 aliphatic rings. The second-order valence-electron chi connectivity index (χ2n) is 3.72. The van der Waals surface area contributed by atoms with Crippen LogP contribution in [0, 0.1) is 0 Å². The van der Waals surface area contributed by atoms with Gasteiger partial charge in [0.15, 0.2) is 4.34 Å². The molecule has 0 saturated carbocycles. The lowest BCUT2D eigenvalue weighted by molar-refractivity contribution is 0.391. The molecule has 0 spiro atoms. The summed E-state index contributed by atoms with van der Waals surface area (Å²) in [5.41, 5.74) is 6.42. The van der Waals surface area contributed by atoms with E-state index in [-0.39, 0.29) is 0 Å². The minimum Gasteiger partial charge on any atom is -0.374 e. The summed E-state index contributed by atoms with van der Waals surface area (Å²) in [7, 11) is 0. The minimum absolute atomic E-state index is 0.452. The summed E-state index contributed by atoms with van der Waals surface area (Å²) in [4.78, 5) is 4.35. The van der Waals surface area contributed by atoms with Crippen molar-refractivity contribution in [1.29, 1.82) is 0 Å². The van der Waals surface area contributed by atoms with E-state index < -0.39 is 0 Å². The number of halogens is 1. The predicted octanol–water partition coefficient (Wildman–Crippen LogP) is 3.23. The highest BCUT2D eigenvalue weighted by Gasteiger charge is 2.10. The van der Waals surface area contributed by atoms with E-state index in [1.54, 1.807) is 0 Å². The molecule has 0 fully saturated rings. The number of anilines is 1. The topological polar surface area (TPSA) is 90.7 Å². The normalized spacial score (nSPS) is 10.8. The van der Waals surface area contributed by atoms with Crippen LogP contribution in [0.25, 0.3) is 11.4 Å². The number of hydrogen-bond donors (Lipinski definition) is 1. The van der Waals surface area contributed by atoms with Gasteiger partial charge in [-0.15, -0.1) is 10.2 Å². The second-order valence-corrected chi connectivity index (χ2v) is 6.86. The van der Waals surface area contributed by atoms with Gasteiger partial charge in [0.25, 0.3) is 0 Å². The van der Waals surface area contributed by atoms with Crippen LogP contribution in [0.4, 0.5) is 5.13 Å². The van der Waals surface area contributed by atoms with Gasteiger partial charge in [-0.1, -0.05) is 56.3 Å². The van der Waals surface area contributed by atoms with Crippen LogP contribution in [-0.4, -0.2) is 20.3 Å². The zero-order valence-corrected chi connectivity index (χ0v) is 13.2. The summed E-state index contributed by atoms with van der Waals surface area (Å²) in [6, 6.07) is 7.74. The first-order valence-electron chi connectivity index (χ1n) is 5.51. The summed E-state index contributed by atoms with van der Waals surface area (Å²) in [5, 5.41) is 12.1. The number of aromatic nitrogens is 4. The lowest BCUT2D eigenvalue weighted by Crippen LogP contribution is -1.83. The van der Waals surface area contributed by atoms with Gasteiger partial charge in [-0.05, 0) is 12.1 Å². The quantitative estimate of drug-likeness (QED) is 0.705. The largest absolute Gasteiger partial charge is 0.374 e. The van der Waals surface area contributed by atoms with Crippen LogP contribution in [0.15, 0.2) is 37.6 Å². The van der Waals surface area contributed by atoms with E-state index >= 15 is 0 Å². The number of thioether (sulfide) groups is 1. The van der Waals surface area contributed by atoms with E-state index in [1.807, 2.05) is 24.3 Å². The van der Waals surface area contributed by atoms with Crippen molar-refractivity contribution >= 4 is 44.2 Å². The molecule has 102 valence electrons. The first-order valence-corrected chi connectivity index (χ1v) is 8.10. The van der Waals surface area contributed by atoms with E-state index in [2.05, 4.69) is 36.3 Å². The molecule has 2 heterocycles. The molecule has 0 unspecified atom stereocenters. The molecule has 1 aromatic carbocycles. The first kappa shape index (κ1) is 13.5. The lowest BCUT2D eigenvalue weighted by atomic mass is 10.2. The van der Waals surface area contributed by atoms with Crippen molar-refractivity contribution in [2.75, 3.05) is 5.73 Å². The molecule has 0 aliphatic heterocycles. The Bertz CT molecular complexity index is 729. The maximum atomic E-state index is 5.52. The molecule has 2 N–H and O–H groups in total. The molecular weight excluding hydrogens is 362 g/mol. The van der Waals surface area contributed by atoms with Gasteiger partial charge >= 0.3 is 0 Å². The van der Waals surface area contributed by atoms with Crippen LogP contribution in [0.3, 0.4) is 0 Å². The molecule has 3 aromatic rings. The zero-order valence-electron chi connectivity index (χ0n) is 9.99. The summed E-state index contributed by atoms with van der Waals surface area (Å²) in [5.74, 6) is 1.65. The van der Waals surface area contributed by atoms with Crippen LogP contribution in [0.1, 0.15) is 5.89 Å². The molecule has 9 heteroatoms. The average Bonchev–Trinajstić information content (AvgIpc) is 3.05. The van der Waals surface area contributed by atoms with E-state index in [4.69, 9.17) is 10.3 Å². The van der Waals surface area contributed by atoms with E-state index in [9.17, 15) is 0 Å². The predicted molar refractivity (Wildman–Crippen MR) is 81.3 cm³/mol. The Morgan fingerprint density at radius 1 is 1.35 bits per heavy atom. The maximum Gasteiger partial charge on any atom is 0.237 e. The number of rotatable bonds is 4. The highest BCUT2D eigenvalue weighted by Crippen LogP contribution is 2.27. The lowest BCUT2D eigenvalue weighted by Gasteiger charge is -1.94. The number of hydrogen-bond acceptors (Lipinski definition) is 8. The summed E-state index contributed by atoms with van der Waals surface area (Å²) >= 11 is 6.21. The Hall–Kier alpha value is -1.45. The number of nitrogens with zero attached hydrogens (tertiary/aromatic N) is 4. The summed E-state index contributed by atoms with van der Waals surface area (Å²) < 4.78 is 6.97. The maximum absolute atomic E-state index is 5.52. The van der Waals surface area contributed by atoms with Gasteiger partial charge in [-0.2, -0.15) is 4.98 Å². The third-order valence-electron chi connectivity index (χ3n) is 2.29. The first-order chi connectivity index (χ1) is 9.70. The fourth-order valence-corrected chi connectivity index (χ4v) is 3.33. The van der Waals surface area contributed by atoms with Gasteiger partial charge in [-0.3, -0.25) is 0 Å². The Labute approximate surface area is 130 Å². The number of benzene rings is 1. The van der Waals surface area contributed by atoms with E-state index in [0.29, 0.717) is 22.6 Å². The molecule has 0 atom stereocenters. The van der Waals surface area contributed by atoms with Gasteiger partial charge < -0.3 is 10.3 Å². The Morgan fingerprint density at radius 3 is 3.00 bits per heavy atom. The molecule has 3 rings (SSSR count). The molecule has 0 aliphatic carbocycles. The van der Waals surface area contributed by atoms with Crippen molar-refractivity contribution in [3.63, 3.8) is 0 Å². The fourth-order valence-electron chi connectivity index (χ4n) is 1.46. The summed E-state index contributed by atoms with van der Waals surface area (Å²) in [6.45, 7) is 0. The molecular formula is C11H8BrN5OS2. The minimum atomic E-state index is 0.452. The van der Waals surface area contributed by atoms with Gasteiger partial charge in [0.1, 0.15) is 0 Å². The molecule has 0 bridgehead atoms. The number of nitrogen functional groups attached to an aromatic ring is 1. The Balaban J connectivity index is 1.70. The Kier molecular flexibility index (Phi) is 3.99.